The Bertz CT molecular complexity index is 1210. The molecule has 3 aromatic rings. The monoisotopic (exact) mass is 474 g/mol. The van der Waals surface area contributed by atoms with Crippen LogP contribution in [0.25, 0.3) is 0 Å². The highest BCUT2D eigenvalue weighted by Gasteiger charge is 2.33. The van der Waals surface area contributed by atoms with Crippen LogP contribution in [0.2, 0.25) is 0 Å². The highest BCUT2D eigenvalue weighted by atomic mass is 32.2. The topological polar surface area (TPSA) is 76.9 Å². The lowest BCUT2D eigenvalue weighted by molar-refractivity contribution is -0.137. The molecule has 0 bridgehead atoms. The Labute approximate surface area is 192 Å². The lowest BCUT2D eigenvalue weighted by Gasteiger charge is -2.22. The molecule has 0 unspecified atom stereocenters. The number of fused-ring (bicyclic) bond motifs is 1. The van der Waals surface area contributed by atoms with E-state index in [1.165, 1.54) is 18.2 Å². The van der Waals surface area contributed by atoms with Crippen LogP contribution in [0, 0.1) is 0 Å². The normalized spacial score (nSPS) is 13.4. The number of benzene rings is 1. The van der Waals surface area contributed by atoms with Gasteiger partial charge in [-0.05, 0) is 49.9 Å². The van der Waals surface area contributed by atoms with Crippen LogP contribution in [0.3, 0.4) is 0 Å². The first-order valence-corrected chi connectivity index (χ1v) is 11.4. The average molecular weight is 475 g/mol. The largest absolute Gasteiger partial charge is 0.418 e. The van der Waals surface area contributed by atoms with E-state index in [4.69, 9.17) is 0 Å². The molecule has 0 radical (unpaired) electrons. The number of carbonyl (C=O) groups is 1. The van der Waals surface area contributed by atoms with Gasteiger partial charge in [0, 0.05) is 17.5 Å². The number of para-hydroxylation sites is 1. The number of anilines is 1. The van der Waals surface area contributed by atoms with E-state index in [0.717, 1.165) is 60.5 Å². The van der Waals surface area contributed by atoms with E-state index in [1.807, 2.05) is 12.1 Å². The Morgan fingerprint density at radius 3 is 2.61 bits per heavy atom. The number of aromatic nitrogens is 3. The third kappa shape index (κ3) is 5.44. The van der Waals surface area contributed by atoms with Crippen molar-refractivity contribution in [2.45, 2.75) is 43.4 Å². The fraction of sp³-hybridized carbons (Fsp3) is 0.304. The molecule has 1 aromatic carbocycles. The molecule has 172 valence electrons. The predicted octanol–water partition coefficient (Wildman–Crippen LogP) is 4.32. The summed E-state index contributed by atoms with van der Waals surface area (Å²) >= 11 is 1.07. The summed E-state index contributed by atoms with van der Waals surface area (Å²) in [5.41, 5.74) is 0.929. The average Bonchev–Trinajstić information content (AvgIpc) is 2.80. The first kappa shape index (κ1) is 23.0. The van der Waals surface area contributed by atoms with Crippen LogP contribution in [0.5, 0.6) is 0 Å². The maximum atomic E-state index is 13.2. The minimum atomic E-state index is -4.57. The van der Waals surface area contributed by atoms with Gasteiger partial charge in [-0.1, -0.05) is 30.0 Å². The summed E-state index contributed by atoms with van der Waals surface area (Å²) in [4.78, 5) is 33.7. The molecule has 1 aliphatic rings. The number of carbonyl (C=O) groups excluding carboxylic acids is 1. The smallest absolute Gasteiger partial charge is 0.325 e. The zero-order valence-electron chi connectivity index (χ0n) is 17.6. The van der Waals surface area contributed by atoms with Crippen molar-refractivity contribution in [1.82, 2.24) is 14.5 Å². The van der Waals surface area contributed by atoms with Crippen LogP contribution in [0.1, 0.15) is 35.4 Å². The molecule has 0 aliphatic heterocycles. The number of hydrogen-bond acceptors (Lipinski definition) is 5. The Balaban J connectivity index is 1.53. The number of alkyl halides is 3. The van der Waals surface area contributed by atoms with Crippen molar-refractivity contribution in [3.05, 3.63) is 81.7 Å². The zero-order chi connectivity index (χ0) is 23.4. The highest BCUT2D eigenvalue weighted by Crippen LogP contribution is 2.35. The summed E-state index contributed by atoms with van der Waals surface area (Å²) in [5.74, 6) is -0.754. The molecule has 1 aliphatic carbocycles. The first-order chi connectivity index (χ1) is 15.8. The Hall–Kier alpha value is -3.14. The summed E-state index contributed by atoms with van der Waals surface area (Å²) in [5, 5.41) is 2.79. The summed E-state index contributed by atoms with van der Waals surface area (Å²) in [6, 6.07) is 10.3. The van der Waals surface area contributed by atoms with Crippen LogP contribution < -0.4 is 11.0 Å². The highest BCUT2D eigenvalue weighted by molar-refractivity contribution is 8.00. The molecule has 10 heteroatoms. The predicted molar refractivity (Wildman–Crippen MR) is 119 cm³/mol. The van der Waals surface area contributed by atoms with Crippen LogP contribution in [-0.2, 0) is 30.4 Å². The summed E-state index contributed by atoms with van der Waals surface area (Å²) in [7, 11) is 0. The number of nitrogens with one attached hydrogen (secondary N) is 1. The Morgan fingerprint density at radius 1 is 1.09 bits per heavy atom. The lowest BCUT2D eigenvalue weighted by Crippen LogP contribution is -2.31. The van der Waals surface area contributed by atoms with Gasteiger partial charge in [-0.2, -0.15) is 18.2 Å². The number of hydrogen-bond donors (Lipinski definition) is 1. The van der Waals surface area contributed by atoms with Crippen LogP contribution >= 0.6 is 11.8 Å². The summed E-state index contributed by atoms with van der Waals surface area (Å²) in [6.45, 7) is 0.314. The number of rotatable bonds is 6. The molecule has 4 rings (SSSR count). The molecule has 0 saturated heterocycles. The molecule has 33 heavy (non-hydrogen) atoms. The van der Waals surface area contributed by atoms with Gasteiger partial charge in [-0.15, -0.1) is 0 Å². The minimum Gasteiger partial charge on any atom is -0.325 e. The van der Waals surface area contributed by atoms with E-state index >= 15 is 0 Å². The number of thioether (sulfide) groups is 1. The Kier molecular flexibility index (Phi) is 6.83. The van der Waals surface area contributed by atoms with E-state index in [1.54, 1.807) is 16.8 Å². The van der Waals surface area contributed by atoms with Crippen molar-refractivity contribution >= 4 is 23.4 Å². The van der Waals surface area contributed by atoms with Crippen molar-refractivity contribution < 1.29 is 18.0 Å². The second-order valence-corrected chi connectivity index (χ2v) is 8.58. The molecular formula is C23H21F3N4O2S. The molecule has 2 aromatic heterocycles. The van der Waals surface area contributed by atoms with Crippen LogP contribution in [0.15, 0.2) is 58.5 Å². The van der Waals surface area contributed by atoms with E-state index in [2.05, 4.69) is 15.3 Å². The molecule has 0 fully saturated rings. The van der Waals surface area contributed by atoms with Gasteiger partial charge >= 0.3 is 11.9 Å². The van der Waals surface area contributed by atoms with Crippen molar-refractivity contribution in [3.63, 3.8) is 0 Å². The maximum Gasteiger partial charge on any atom is 0.418 e. The fourth-order valence-corrected chi connectivity index (χ4v) is 4.72. The zero-order valence-corrected chi connectivity index (χ0v) is 18.4. The third-order valence-corrected chi connectivity index (χ3v) is 6.36. The van der Waals surface area contributed by atoms with Crippen molar-refractivity contribution in [2.24, 2.45) is 0 Å². The fourth-order valence-electron chi connectivity index (χ4n) is 3.84. The van der Waals surface area contributed by atoms with Gasteiger partial charge in [0.1, 0.15) is 5.03 Å². The maximum absolute atomic E-state index is 13.2. The minimum absolute atomic E-state index is 0.157. The second kappa shape index (κ2) is 9.78. The molecule has 2 heterocycles. The van der Waals surface area contributed by atoms with Crippen molar-refractivity contribution in [1.29, 1.82) is 0 Å². The second-order valence-electron chi connectivity index (χ2n) is 7.62. The third-order valence-electron chi connectivity index (χ3n) is 5.34. The molecule has 1 amide bonds. The van der Waals surface area contributed by atoms with Gasteiger partial charge in [0.05, 0.1) is 29.2 Å². The van der Waals surface area contributed by atoms with E-state index in [-0.39, 0.29) is 11.4 Å². The SMILES string of the molecule is O=C(CSc1nc(=O)n(Cc2ccccn2)c2c1CCCC2)Nc1ccccc1C(F)(F)F. The standard InChI is InChI=1S/C23H21F3N4O2S/c24-23(25,26)17-9-2-3-10-18(17)28-20(31)14-33-21-16-8-1-4-11-19(16)30(22(32)29-21)13-15-7-5-6-12-27-15/h2-3,5-7,9-10,12H,1,4,8,11,13-14H2,(H,28,31). The molecular weight excluding hydrogens is 453 g/mol. The molecule has 0 saturated carbocycles. The van der Waals surface area contributed by atoms with Crippen LogP contribution in [-0.4, -0.2) is 26.2 Å². The summed E-state index contributed by atoms with van der Waals surface area (Å²) in [6.07, 6.45) is 0.423. The van der Waals surface area contributed by atoms with E-state index < -0.39 is 23.3 Å². The number of amides is 1. The Morgan fingerprint density at radius 2 is 1.85 bits per heavy atom. The quantitative estimate of drug-likeness (QED) is 0.426. The van der Waals surface area contributed by atoms with Crippen molar-refractivity contribution in [3.8, 4) is 0 Å². The van der Waals surface area contributed by atoms with E-state index in [9.17, 15) is 22.8 Å². The lowest BCUT2D eigenvalue weighted by atomic mass is 9.97. The van der Waals surface area contributed by atoms with Gasteiger partial charge < -0.3 is 5.32 Å². The van der Waals surface area contributed by atoms with Gasteiger partial charge in [0.15, 0.2) is 0 Å². The molecule has 1 N–H and O–H groups in total. The van der Waals surface area contributed by atoms with Gasteiger partial charge in [-0.25, -0.2) is 4.79 Å². The van der Waals surface area contributed by atoms with Gasteiger partial charge in [0.25, 0.3) is 0 Å². The van der Waals surface area contributed by atoms with Crippen molar-refractivity contribution in [2.75, 3.05) is 11.1 Å². The van der Waals surface area contributed by atoms with Crippen LogP contribution in [0.4, 0.5) is 18.9 Å². The molecule has 0 spiro atoms. The number of halogens is 3. The molecule has 0 atom stereocenters. The first-order valence-electron chi connectivity index (χ1n) is 10.4. The summed E-state index contributed by atoms with van der Waals surface area (Å²) < 4.78 is 41.1. The number of nitrogens with zero attached hydrogens (tertiary/aromatic N) is 3. The van der Waals surface area contributed by atoms with Gasteiger partial charge in [-0.3, -0.25) is 14.3 Å². The molecule has 6 nitrogen and oxygen atoms in total. The van der Waals surface area contributed by atoms with E-state index in [0.29, 0.717) is 11.6 Å². The number of pyridine rings is 1. The van der Waals surface area contributed by atoms with Gasteiger partial charge in [0.2, 0.25) is 5.91 Å².